The number of carbonyl (C=O) groups excluding carboxylic acids is 1. The summed E-state index contributed by atoms with van der Waals surface area (Å²) in [5.41, 5.74) is 0.213. The van der Waals surface area contributed by atoms with Gasteiger partial charge in [0.2, 0.25) is 10.0 Å². The van der Waals surface area contributed by atoms with Crippen molar-refractivity contribution in [3.63, 3.8) is 0 Å². The van der Waals surface area contributed by atoms with E-state index in [4.69, 9.17) is 0 Å². The Balaban J connectivity index is 3.00. The molecule has 0 heterocycles. The maximum absolute atomic E-state index is 12.9. The van der Waals surface area contributed by atoms with E-state index < -0.39 is 34.3 Å². The Morgan fingerprint density at radius 3 is 2.27 bits per heavy atom. The molecule has 0 fully saturated rings. The smallest absolute Gasteiger partial charge is 0.344 e. The van der Waals surface area contributed by atoms with Crippen LogP contribution in [0.25, 0.3) is 0 Å². The number of benzene rings is 1. The standard InChI is InChI=1S/C12H14F4N2O3S/c1-7(17-11(19)12(15,16)10(13)14)8-5-3-4-6-9(8)18-22(2,20)21/h3-7,10,18H,1-2H3,(H,17,19)/t7-/m0/s1. The minimum atomic E-state index is -4.83. The average Bonchev–Trinajstić information content (AvgIpc) is 2.36. The summed E-state index contributed by atoms with van der Waals surface area (Å²) in [5, 5.41) is 1.74. The van der Waals surface area contributed by atoms with Crippen LogP contribution in [-0.2, 0) is 14.8 Å². The molecule has 2 N–H and O–H groups in total. The number of alkyl halides is 4. The van der Waals surface area contributed by atoms with Crippen LogP contribution in [0.4, 0.5) is 23.2 Å². The molecule has 1 rings (SSSR count). The van der Waals surface area contributed by atoms with Gasteiger partial charge in [-0.15, -0.1) is 0 Å². The van der Waals surface area contributed by atoms with Gasteiger partial charge in [-0.2, -0.15) is 8.78 Å². The average molecular weight is 342 g/mol. The van der Waals surface area contributed by atoms with Gasteiger partial charge in [0.05, 0.1) is 18.0 Å². The van der Waals surface area contributed by atoms with Crippen molar-refractivity contribution in [2.75, 3.05) is 11.0 Å². The normalized spacial score (nSPS) is 13.8. The molecule has 0 spiro atoms. The maximum Gasteiger partial charge on any atom is 0.383 e. The molecule has 0 unspecified atom stereocenters. The Hall–Kier alpha value is -1.84. The molecule has 0 aliphatic heterocycles. The van der Waals surface area contributed by atoms with E-state index in [1.807, 2.05) is 0 Å². The lowest BCUT2D eigenvalue weighted by molar-refractivity contribution is -0.170. The van der Waals surface area contributed by atoms with Crippen LogP contribution in [0.5, 0.6) is 0 Å². The van der Waals surface area contributed by atoms with Crippen molar-refractivity contribution in [2.24, 2.45) is 0 Å². The number of hydrogen-bond donors (Lipinski definition) is 2. The molecule has 1 aromatic carbocycles. The van der Waals surface area contributed by atoms with Gasteiger partial charge in [0.25, 0.3) is 5.91 Å². The molecule has 22 heavy (non-hydrogen) atoms. The van der Waals surface area contributed by atoms with Crippen LogP contribution in [0.3, 0.4) is 0 Å². The molecule has 1 amide bonds. The summed E-state index contributed by atoms with van der Waals surface area (Å²) in [4.78, 5) is 11.2. The van der Waals surface area contributed by atoms with Crippen molar-refractivity contribution in [1.82, 2.24) is 5.32 Å². The van der Waals surface area contributed by atoms with E-state index in [2.05, 4.69) is 4.72 Å². The van der Waals surface area contributed by atoms with Crippen LogP contribution >= 0.6 is 0 Å². The largest absolute Gasteiger partial charge is 0.383 e. The Morgan fingerprint density at radius 1 is 1.23 bits per heavy atom. The molecule has 5 nitrogen and oxygen atoms in total. The van der Waals surface area contributed by atoms with Gasteiger partial charge in [0, 0.05) is 0 Å². The fraction of sp³-hybridized carbons (Fsp3) is 0.417. The summed E-state index contributed by atoms with van der Waals surface area (Å²) in [6.07, 6.45) is -3.25. The Kier molecular flexibility index (Phi) is 5.39. The van der Waals surface area contributed by atoms with E-state index in [1.165, 1.54) is 31.2 Å². The summed E-state index contributed by atoms with van der Waals surface area (Å²) < 4.78 is 74.7. The summed E-state index contributed by atoms with van der Waals surface area (Å²) in [5.74, 6) is -6.96. The summed E-state index contributed by atoms with van der Waals surface area (Å²) in [7, 11) is -3.63. The van der Waals surface area contributed by atoms with E-state index in [-0.39, 0.29) is 11.3 Å². The van der Waals surface area contributed by atoms with E-state index in [0.717, 1.165) is 6.26 Å². The first-order chi connectivity index (χ1) is 9.95. The molecule has 0 bridgehead atoms. The second kappa shape index (κ2) is 6.51. The molecule has 0 aliphatic rings. The van der Waals surface area contributed by atoms with Gasteiger partial charge in [-0.3, -0.25) is 9.52 Å². The van der Waals surface area contributed by atoms with E-state index in [0.29, 0.717) is 0 Å². The number of rotatable bonds is 6. The zero-order valence-electron chi connectivity index (χ0n) is 11.6. The Labute approximate surface area is 124 Å². The van der Waals surface area contributed by atoms with Gasteiger partial charge in [-0.05, 0) is 18.6 Å². The first kappa shape index (κ1) is 18.2. The molecule has 0 aliphatic carbocycles. The number of hydrogen-bond acceptors (Lipinski definition) is 3. The topological polar surface area (TPSA) is 75.3 Å². The highest BCUT2D eigenvalue weighted by Crippen LogP contribution is 2.27. The molecule has 0 aromatic heterocycles. The fourth-order valence-electron chi connectivity index (χ4n) is 1.64. The van der Waals surface area contributed by atoms with Crippen LogP contribution < -0.4 is 10.0 Å². The molecule has 1 atom stereocenters. The van der Waals surface area contributed by atoms with E-state index in [9.17, 15) is 30.8 Å². The third-order valence-corrected chi connectivity index (χ3v) is 3.24. The number of carbonyl (C=O) groups is 1. The number of amides is 1. The lowest BCUT2D eigenvalue weighted by atomic mass is 10.1. The fourth-order valence-corrected chi connectivity index (χ4v) is 2.22. The second-order valence-corrected chi connectivity index (χ2v) is 6.33. The molecular formula is C12H14F4N2O3S. The quantitative estimate of drug-likeness (QED) is 0.778. The van der Waals surface area contributed by atoms with Gasteiger partial charge >= 0.3 is 12.3 Å². The first-order valence-electron chi connectivity index (χ1n) is 5.98. The van der Waals surface area contributed by atoms with Crippen LogP contribution in [0, 0.1) is 0 Å². The zero-order chi connectivity index (χ0) is 17.1. The van der Waals surface area contributed by atoms with Crippen molar-refractivity contribution in [2.45, 2.75) is 25.3 Å². The Bertz CT molecular complexity index is 650. The van der Waals surface area contributed by atoms with Gasteiger partial charge in [-0.25, -0.2) is 17.2 Å². The predicted octanol–water partition coefficient (Wildman–Crippen LogP) is 2.14. The third-order valence-electron chi connectivity index (χ3n) is 2.65. The molecule has 1 aromatic rings. The lowest BCUT2D eigenvalue weighted by Crippen LogP contribution is -2.46. The van der Waals surface area contributed by atoms with Gasteiger partial charge in [-0.1, -0.05) is 18.2 Å². The van der Waals surface area contributed by atoms with Crippen LogP contribution in [-0.4, -0.2) is 32.9 Å². The van der Waals surface area contributed by atoms with Crippen molar-refractivity contribution >= 4 is 21.6 Å². The maximum atomic E-state index is 12.9. The van der Waals surface area contributed by atoms with Crippen molar-refractivity contribution in [1.29, 1.82) is 0 Å². The molecule has 0 saturated heterocycles. The number of halogens is 4. The number of para-hydroxylation sites is 1. The SMILES string of the molecule is C[C@H](NC(=O)C(F)(F)C(F)F)c1ccccc1NS(C)(=O)=O. The highest BCUT2D eigenvalue weighted by atomic mass is 32.2. The Morgan fingerprint density at radius 2 is 1.77 bits per heavy atom. The van der Waals surface area contributed by atoms with Crippen molar-refractivity contribution in [3.8, 4) is 0 Å². The number of nitrogens with one attached hydrogen (secondary N) is 2. The van der Waals surface area contributed by atoms with Crippen LogP contribution in [0.1, 0.15) is 18.5 Å². The van der Waals surface area contributed by atoms with Crippen LogP contribution in [0.15, 0.2) is 24.3 Å². The minimum Gasteiger partial charge on any atom is -0.344 e. The third kappa shape index (κ3) is 4.58. The van der Waals surface area contributed by atoms with E-state index in [1.54, 1.807) is 5.32 Å². The molecule has 124 valence electrons. The van der Waals surface area contributed by atoms with Crippen molar-refractivity contribution < 1.29 is 30.8 Å². The first-order valence-corrected chi connectivity index (χ1v) is 7.88. The second-order valence-electron chi connectivity index (χ2n) is 4.58. The number of anilines is 1. The molecular weight excluding hydrogens is 328 g/mol. The molecule has 0 saturated carbocycles. The highest BCUT2D eigenvalue weighted by Gasteiger charge is 2.49. The minimum absolute atomic E-state index is 0.0539. The monoisotopic (exact) mass is 342 g/mol. The highest BCUT2D eigenvalue weighted by molar-refractivity contribution is 7.92. The van der Waals surface area contributed by atoms with Gasteiger partial charge in [0.1, 0.15) is 0 Å². The summed E-state index contributed by atoms with van der Waals surface area (Å²) in [6.45, 7) is 1.27. The van der Waals surface area contributed by atoms with Gasteiger partial charge < -0.3 is 5.32 Å². The summed E-state index contributed by atoms with van der Waals surface area (Å²) in [6, 6.07) is 4.59. The van der Waals surface area contributed by atoms with E-state index >= 15 is 0 Å². The van der Waals surface area contributed by atoms with Crippen molar-refractivity contribution in [3.05, 3.63) is 29.8 Å². The zero-order valence-corrected chi connectivity index (χ0v) is 12.4. The lowest BCUT2D eigenvalue weighted by Gasteiger charge is -2.21. The number of sulfonamides is 1. The van der Waals surface area contributed by atoms with Gasteiger partial charge in [0.15, 0.2) is 0 Å². The molecule has 10 heteroatoms. The summed E-state index contributed by atoms with van der Waals surface area (Å²) >= 11 is 0. The van der Waals surface area contributed by atoms with Crippen LogP contribution in [0.2, 0.25) is 0 Å². The predicted molar refractivity (Wildman–Crippen MR) is 72.4 cm³/mol. The molecule has 0 radical (unpaired) electrons.